The van der Waals surface area contributed by atoms with E-state index < -0.39 is 0 Å². The Kier molecular flexibility index (Phi) is 4.78. The van der Waals surface area contributed by atoms with Gasteiger partial charge in [0.25, 0.3) is 5.56 Å². The molecule has 1 heterocycles. The Morgan fingerprint density at radius 1 is 1.50 bits per heavy atom. The predicted octanol–water partition coefficient (Wildman–Crippen LogP) is -0.0827. The third-order valence-electron chi connectivity index (χ3n) is 2.35. The fourth-order valence-corrected chi connectivity index (χ4v) is 1.48. The molecule has 1 aromatic rings. The van der Waals surface area contributed by atoms with Crippen LogP contribution in [0.2, 0.25) is 0 Å². The van der Waals surface area contributed by atoms with Crippen LogP contribution in [0.15, 0.2) is 11.1 Å². The monoisotopic (exact) mass is 225 g/mol. The molecule has 0 aliphatic heterocycles. The van der Waals surface area contributed by atoms with Crippen molar-refractivity contribution in [3.8, 4) is 0 Å². The van der Waals surface area contributed by atoms with Gasteiger partial charge in [0.2, 0.25) is 0 Å². The van der Waals surface area contributed by atoms with E-state index in [4.69, 9.17) is 11.5 Å². The second-order valence-electron chi connectivity index (χ2n) is 3.60. The highest BCUT2D eigenvalue weighted by Crippen LogP contribution is 2.15. The van der Waals surface area contributed by atoms with Gasteiger partial charge in [0, 0.05) is 19.6 Å². The molecule has 0 saturated heterocycles. The minimum Gasteiger partial charge on any atom is -0.391 e. The summed E-state index contributed by atoms with van der Waals surface area (Å²) in [6.07, 6.45) is 3.46. The lowest BCUT2D eigenvalue weighted by Gasteiger charge is -2.23. The third-order valence-corrected chi connectivity index (χ3v) is 2.35. The van der Waals surface area contributed by atoms with E-state index in [-0.39, 0.29) is 11.2 Å². The number of nitrogens with one attached hydrogen (secondary N) is 1. The summed E-state index contributed by atoms with van der Waals surface area (Å²) in [7, 11) is 0. The number of aromatic nitrogens is 2. The summed E-state index contributed by atoms with van der Waals surface area (Å²) in [4.78, 5) is 19.8. The van der Waals surface area contributed by atoms with E-state index >= 15 is 0 Å². The topological polar surface area (TPSA) is 101 Å². The molecule has 5 N–H and O–H groups in total. The minimum atomic E-state index is -0.302. The van der Waals surface area contributed by atoms with E-state index in [0.29, 0.717) is 18.9 Å². The lowest BCUT2D eigenvalue weighted by Crippen LogP contribution is -2.33. The first-order valence-electron chi connectivity index (χ1n) is 5.48. The Morgan fingerprint density at radius 2 is 2.25 bits per heavy atom. The standard InChI is InChI=1S/C10H19N5O/c1-2-3-5-15(6-4-11)9-8(12)10(16)14-7-13-9/h7H,2-6,11-12H2,1H3,(H,13,14,16). The molecular weight excluding hydrogens is 206 g/mol. The van der Waals surface area contributed by atoms with Crippen LogP contribution in [-0.4, -0.2) is 29.6 Å². The molecule has 0 aliphatic rings. The van der Waals surface area contributed by atoms with Gasteiger partial charge in [-0.05, 0) is 6.42 Å². The molecule has 16 heavy (non-hydrogen) atoms. The normalized spacial score (nSPS) is 10.4. The molecule has 0 aromatic carbocycles. The van der Waals surface area contributed by atoms with Crippen LogP contribution in [0.25, 0.3) is 0 Å². The van der Waals surface area contributed by atoms with Crippen LogP contribution in [0.5, 0.6) is 0 Å². The molecule has 0 spiro atoms. The third kappa shape index (κ3) is 2.96. The van der Waals surface area contributed by atoms with E-state index in [1.165, 1.54) is 6.33 Å². The number of hydrogen-bond donors (Lipinski definition) is 3. The van der Waals surface area contributed by atoms with Crippen molar-refractivity contribution in [2.45, 2.75) is 19.8 Å². The number of nitrogen functional groups attached to an aromatic ring is 1. The summed E-state index contributed by atoms with van der Waals surface area (Å²) in [5.41, 5.74) is 11.1. The van der Waals surface area contributed by atoms with Gasteiger partial charge in [-0.2, -0.15) is 0 Å². The average Bonchev–Trinajstić information content (AvgIpc) is 2.28. The van der Waals surface area contributed by atoms with Crippen LogP contribution in [0.4, 0.5) is 11.5 Å². The van der Waals surface area contributed by atoms with Crippen LogP contribution >= 0.6 is 0 Å². The van der Waals surface area contributed by atoms with Crippen LogP contribution in [0.1, 0.15) is 19.8 Å². The molecule has 0 fully saturated rings. The molecule has 0 atom stereocenters. The molecule has 6 heteroatoms. The van der Waals surface area contributed by atoms with E-state index in [2.05, 4.69) is 16.9 Å². The molecule has 1 rings (SSSR count). The largest absolute Gasteiger partial charge is 0.391 e. The number of H-pyrrole nitrogens is 1. The van der Waals surface area contributed by atoms with Gasteiger partial charge in [-0.15, -0.1) is 0 Å². The van der Waals surface area contributed by atoms with E-state index in [9.17, 15) is 4.79 Å². The molecule has 0 radical (unpaired) electrons. The Labute approximate surface area is 94.7 Å². The summed E-state index contributed by atoms with van der Waals surface area (Å²) in [5, 5.41) is 0. The first-order valence-corrected chi connectivity index (χ1v) is 5.48. The molecule has 0 aliphatic carbocycles. The van der Waals surface area contributed by atoms with E-state index in [1.807, 2.05) is 4.90 Å². The minimum absolute atomic E-state index is 0.159. The number of rotatable bonds is 6. The van der Waals surface area contributed by atoms with Gasteiger partial charge in [-0.25, -0.2) is 4.98 Å². The van der Waals surface area contributed by atoms with Crippen molar-refractivity contribution in [2.75, 3.05) is 30.3 Å². The number of hydrogen-bond acceptors (Lipinski definition) is 5. The van der Waals surface area contributed by atoms with Gasteiger partial charge in [-0.3, -0.25) is 4.79 Å². The number of aromatic amines is 1. The molecular formula is C10H19N5O. The zero-order valence-corrected chi connectivity index (χ0v) is 9.57. The maximum absolute atomic E-state index is 11.3. The highest BCUT2D eigenvalue weighted by molar-refractivity contribution is 5.60. The van der Waals surface area contributed by atoms with Gasteiger partial charge in [0.15, 0.2) is 5.82 Å². The Morgan fingerprint density at radius 3 is 2.88 bits per heavy atom. The first-order chi connectivity index (χ1) is 7.70. The Balaban J connectivity index is 2.91. The highest BCUT2D eigenvalue weighted by Gasteiger charge is 2.12. The molecule has 0 amide bonds. The summed E-state index contributed by atoms with van der Waals surface area (Å²) >= 11 is 0. The van der Waals surface area contributed by atoms with Gasteiger partial charge < -0.3 is 21.4 Å². The fourth-order valence-electron chi connectivity index (χ4n) is 1.48. The molecule has 1 aromatic heterocycles. The summed E-state index contributed by atoms with van der Waals surface area (Å²) in [5.74, 6) is 0.530. The zero-order chi connectivity index (χ0) is 12.0. The smallest absolute Gasteiger partial charge is 0.276 e. The SMILES string of the molecule is CCCCN(CCN)c1nc[nH]c(=O)c1N. The Bertz CT molecular complexity index is 376. The van der Waals surface area contributed by atoms with Gasteiger partial charge >= 0.3 is 0 Å². The Hall–Kier alpha value is -1.56. The highest BCUT2D eigenvalue weighted by atomic mass is 16.1. The van der Waals surface area contributed by atoms with Gasteiger partial charge in [0.05, 0.1) is 6.33 Å². The molecule has 0 bridgehead atoms. The van der Waals surface area contributed by atoms with Crippen molar-refractivity contribution < 1.29 is 0 Å². The van der Waals surface area contributed by atoms with Crippen LogP contribution in [-0.2, 0) is 0 Å². The predicted molar refractivity (Wildman–Crippen MR) is 65.4 cm³/mol. The van der Waals surface area contributed by atoms with Crippen molar-refractivity contribution in [1.29, 1.82) is 0 Å². The fraction of sp³-hybridized carbons (Fsp3) is 0.600. The quantitative estimate of drug-likeness (QED) is 0.628. The second kappa shape index (κ2) is 6.12. The van der Waals surface area contributed by atoms with E-state index in [1.54, 1.807) is 0 Å². The summed E-state index contributed by atoms with van der Waals surface area (Å²) in [6, 6.07) is 0. The molecule has 0 saturated carbocycles. The van der Waals surface area contributed by atoms with Crippen LogP contribution < -0.4 is 21.9 Å². The van der Waals surface area contributed by atoms with Crippen molar-refractivity contribution in [1.82, 2.24) is 9.97 Å². The number of anilines is 2. The maximum Gasteiger partial charge on any atom is 0.276 e. The lowest BCUT2D eigenvalue weighted by atomic mass is 10.3. The summed E-state index contributed by atoms with van der Waals surface area (Å²) < 4.78 is 0. The van der Waals surface area contributed by atoms with Crippen molar-refractivity contribution in [3.05, 3.63) is 16.7 Å². The number of unbranched alkanes of at least 4 members (excludes halogenated alkanes) is 1. The maximum atomic E-state index is 11.3. The number of nitrogens with zero attached hydrogens (tertiary/aromatic N) is 2. The van der Waals surface area contributed by atoms with Crippen LogP contribution in [0, 0.1) is 0 Å². The number of nitrogens with two attached hydrogens (primary N) is 2. The lowest BCUT2D eigenvalue weighted by molar-refractivity contribution is 0.707. The zero-order valence-electron chi connectivity index (χ0n) is 9.57. The van der Waals surface area contributed by atoms with Crippen molar-refractivity contribution >= 4 is 11.5 Å². The van der Waals surface area contributed by atoms with E-state index in [0.717, 1.165) is 19.4 Å². The second-order valence-corrected chi connectivity index (χ2v) is 3.60. The molecule has 0 unspecified atom stereocenters. The van der Waals surface area contributed by atoms with Crippen molar-refractivity contribution in [3.63, 3.8) is 0 Å². The molecule has 6 nitrogen and oxygen atoms in total. The van der Waals surface area contributed by atoms with Crippen molar-refractivity contribution in [2.24, 2.45) is 5.73 Å². The summed E-state index contributed by atoms with van der Waals surface area (Å²) in [6.45, 7) is 4.09. The first kappa shape index (κ1) is 12.5. The van der Waals surface area contributed by atoms with Gasteiger partial charge in [-0.1, -0.05) is 13.3 Å². The van der Waals surface area contributed by atoms with Gasteiger partial charge in [0.1, 0.15) is 5.69 Å². The van der Waals surface area contributed by atoms with Crippen LogP contribution in [0.3, 0.4) is 0 Å². The average molecular weight is 225 g/mol. The molecule has 90 valence electrons.